The van der Waals surface area contributed by atoms with Crippen molar-refractivity contribution in [2.75, 3.05) is 10.7 Å². The lowest BCUT2D eigenvalue weighted by Gasteiger charge is -2.09. The predicted molar refractivity (Wildman–Crippen MR) is 123 cm³/mol. The molecule has 2 aromatic heterocycles. The van der Waals surface area contributed by atoms with Crippen LogP contribution in [-0.2, 0) is 0 Å². The first kappa shape index (κ1) is 20.5. The molecule has 4 aromatic rings. The van der Waals surface area contributed by atoms with Crippen molar-refractivity contribution in [3.05, 3.63) is 76.0 Å². The molecule has 3 N–H and O–H groups in total. The second kappa shape index (κ2) is 8.92. The number of benzene rings is 2. The molecule has 2 heterocycles. The quantitative estimate of drug-likeness (QED) is 0.279. The molecule has 0 amide bonds. The molecule has 0 fully saturated rings. The molecule has 0 atom stereocenters. The van der Waals surface area contributed by atoms with Crippen molar-refractivity contribution in [1.29, 1.82) is 0 Å². The van der Waals surface area contributed by atoms with Crippen molar-refractivity contribution in [1.82, 2.24) is 24.7 Å². The van der Waals surface area contributed by atoms with Crippen molar-refractivity contribution in [3.63, 3.8) is 0 Å². The standard InChI is InChI=1S/C21H19BrN8O/c1-13-10-14(2)30(29-13)21-26-19(24-17-6-4-3-5-7-17)25-20(27-21)28-23-12-15-11-16(22)8-9-18(15)31/h3-12,31H,1-2H3,(H2,24,25,26,27,28). The highest BCUT2D eigenvalue weighted by molar-refractivity contribution is 9.10. The van der Waals surface area contributed by atoms with E-state index in [0.717, 1.165) is 21.5 Å². The van der Waals surface area contributed by atoms with Crippen LogP contribution in [0.2, 0.25) is 0 Å². The van der Waals surface area contributed by atoms with E-state index >= 15 is 0 Å². The first-order chi connectivity index (χ1) is 15.0. The second-order valence-electron chi connectivity index (χ2n) is 6.69. The van der Waals surface area contributed by atoms with Gasteiger partial charge in [-0.25, -0.2) is 10.1 Å². The van der Waals surface area contributed by atoms with Crippen LogP contribution in [0.15, 0.2) is 64.2 Å². The van der Waals surface area contributed by atoms with Gasteiger partial charge >= 0.3 is 0 Å². The Kier molecular flexibility index (Phi) is 5.89. The molecule has 31 heavy (non-hydrogen) atoms. The van der Waals surface area contributed by atoms with E-state index in [1.807, 2.05) is 50.2 Å². The van der Waals surface area contributed by atoms with Crippen LogP contribution in [0.25, 0.3) is 5.95 Å². The van der Waals surface area contributed by atoms with E-state index in [0.29, 0.717) is 17.5 Å². The van der Waals surface area contributed by atoms with Gasteiger partial charge in [-0.1, -0.05) is 34.1 Å². The van der Waals surface area contributed by atoms with Crippen molar-refractivity contribution < 1.29 is 5.11 Å². The summed E-state index contributed by atoms with van der Waals surface area (Å²) in [5.74, 6) is 1.02. The molecule has 0 unspecified atom stereocenters. The second-order valence-corrected chi connectivity index (χ2v) is 7.60. The summed E-state index contributed by atoms with van der Waals surface area (Å²) in [5, 5.41) is 21.7. The van der Waals surface area contributed by atoms with Crippen LogP contribution in [0.3, 0.4) is 0 Å². The van der Waals surface area contributed by atoms with Crippen molar-refractivity contribution >= 4 is 39.7 Å². The van der Waals surface area contributed by atoms with Crippen molar-refractivity contribution in [3.8, 4) is 11.7 Å². The number of hydrogen-bond donors (Lipinski definition) is 3. The summed E-state index contributed by atoms with van der Waals surface area (Å²) >= 11 is 3.37. The van der Waals surface area contributed by atoms with Crippen LogP contribution < -0.4 is 10.7 Å². The molecular formula is C21H19BrN8O. The fourth-order valence-electron chi connectivity index (χ4n) is 2.84. The Morgan fingerprint density at radius 1 is 1.00 bits per heavy atom. The molecule has 0 aliphatic rings. The van der Waals surface area contributed by atoms with Gasteiger partial charge < -0.3 is 10.4 Å². The molecule has 9 nitrogen and oxygen atoms in total. The molecule has 10 heteroatoms. The predicted octanol–water partition coefficient (Wildman–Crippen LogP) is 4.33. The SMILES string of the molecule is Cc1cc(C)n(-c2nc(NN=Cc3cc(Br)ccc3O)nc(Nc3ccccc3)n2)n1. The molecular weight excluding hydrogens is 460 g/mol. The number of nitrogens with zero attached hydrogens (tertiary/aromatic N) is 6. The zero-order valence-electron chi connectivity index (χ0n) is 16.8. The maximum Gasteiger partial charge on any atom is 0.257 e. The van der Waals surface area contributed by atoms with E-state index in [1.165, 1.54) is 6.21 Å². The Hall–Kier alpha value is -3.79. The number of phenolic OH excluding ortho intramolecular Hbond substituents is 1. The number of phenols is 1. The molecule has 0 bridgehead atoms. The van der Waals surface area contributed by atoms with Crippen molar-refractivity contribution in [2.24, 2.45) is 5.10 Å². The van der Waals surface area contributed by atoms with Crippen LogP contribution in [0, 0.1) is 13.8 Å². The number of para-hydroxylation sites is 1. The topological polar surface area (TPSA) is 113 Å². The minimum absolute atomic E-state index is 0.110. The normalized spacial score (nSPS) is 11.1. The summed E-state index contributed by atoms with van der Waals surface area (Å²) in [4.78, 5) is 13.3. The monoisotopic (exact) mass is 478 g/mol. The third-order valence-corrected chi connectivity index (χ3v) is 4.70. The summed E-state index contributed by atoms with van der Waals surface area (Å²) < 4.78 is 2.47. The number of aryl methyl sites for hydroxylation is 2. The zero-order valence-corrected chi connectivity index (χ0v) is 18.4. The van der Waals surface area contributed by atoms with E-state index in [1.54, 1.807) is 22.9 Å². The van der Waals surface area contributed by atoms with Gasteiger partial charge in [-0.05, 0) is 50.2 Å². The Bertz CT molecular complexity index is 1240. The Labute approximate surface area is 187 Å². The molecule has 4 rings (SSSR count). The van der Waals surface area contributed by atoms with Gasteiger partial charge in [-0.15, -0.1) is 0 Å². The van der Waals surface area contributed by atoms with Crippen LogP contribution in [0.4, 0.5) is 17.6 Å². The fourth-order valence-corrected chi connectivity index (χ4v) is 3.21. The third kappa shape index (κ3) is 5.04. The number of aromatic nitrogens is 5. The number of nitrogens with one attached hydrogen (secondary N) is 2. The van der Waals surface area contributed by atoms with E-state index in [-0.39, 0.29) is 11.7 Å². The fraction of sp³-hybridized carbons (Fsp3) is 0.0952. The van der Waals surface area contributed by atoms with Gasteiger partial charge in [-0.2, -0.15) is 25.2 Å². The minimum atomic E-state index is 0.110. The first-order valence-corrected chi connectivity index (χ1v) is 10.2. The largest absolute Gasteiger partial charge is 0.507 e. The smallest absolute Gasteiger partial charge is 0.257 e. The average molecular weight is 479 g/mol. The highest BCUT2D eigenvalue weighted by atomic mass is 79.9. The Morgan fingerprint density at radius 3 is 2.52 bits per heavy atom. The molecule has 0 aliphatic heterocycles. The maximum absolute atomic E-state index is 9.96. The van der Waals surface area contributed by atoms with Crippen LogP contribution in [0.1, 0.15) is 17.0 Å². The van der Waals surface area contributed by atoms with E-state index in [9.17, 15) is 5.11 Å². The number of anilines is 3. The van der Waals surface area contributed by atoms with Gasteiger partial charge in [0.1, 0.15) is 5.75 Å². The lowest BCUT2D eigenvalue weighted by Crippen LogP contribution is -2.11. The number of rotatable bonds is 6. The lowest BCUT2D eigenvalue weighted by atomic mass is 10.2. The van der Waals surface area contributed by atoms with Gasteiger partial charge in [-0.3, -0.25) is 0 Å². The summed E-state index contributed by atoms with van der Waals surface area (Å²) in [5.41, 5.74) is 5.92. The highest BCUT2D eigenvalue weighted by Gasteiger charge is 2.12. The van der Waals surface area contributed by atoms with E-state index in [4.69, 9.17) is 0 Å². The molecule has 0 saturated heterocycles. The third-order valence-electron chi connectivity index (χ3n) is 4.21. The number of hydrogen-bond acceptors (Lipinski definition) is 8. The highest BCUT2D eigenvalue weighted by Crippen LogP contribution is 2.20. The number of hydrazone groups is 1. The minimum Gasteiger partial charge on any atom is -0.507 e. The van der Waals surface area contributed by atoms with Gasteiger partial charge in [0.25, 0.3) is 5.95 Å². The Balaban J connectivity index is 1.66. The van der Waals surface area contributed by atoms with Gasteiger partial charge in [0, 0.05) is 21.4 Å². The first-order valence-electron chi connectivity index (χ1n) is 9.37. The Morgan fingerprint density at radius 2 is 1.77 bits per heavy atom. The van der Waals surface area contributed by atoms with Crippen LogP contribution >= 0.6 is 15.9 Å². The van der Waals surface area contributed by atoms with Gasteiger partial charge in [0.2, 0.25) is 11.9 Å². The lowest BCUT2D eigenvalue weighted by molar-refractivity contribution is 0.474. The molecule has 0 aliphatic carbocycles. The van der Waals surface area contributed by atoms with Crippen LogP contribution in [-0.4, -0.2) is 36.1 Å². The molecule has 0 spiro atoms. The molecule has 156 valence electrons. The van der Waals surface area contributed by atoms with Gasteiger partial charge in [0.05, 0.1) is 11.9 Å². The average Bonchev–Trinajstić information content (AvgIpc) is 3.09. The van der Waals surface area contributed by atoms with Crippen LogP contribution in [0.5, 0.6) is 5.75 Å². The van der Waals surface area contributed by atoms with Crippen molar-refractivity contribution in [2.45, 2.75) is 13.8 Å². The molecule has 0 radical (unpaired) electrons. The zero-order chi connectivity index (χ0) is 21.8. The number of aromatic hydroxyl groups is 1. The van der Waals surface area contributed by atoms with E-state index in [2.05, 4.69) is 51.8 Å². The van der Waals surface area contributed by atoms with Gasteiger partial charge in [0.15, 0.2) is 0 Å². The summed E-state index contributed by atoms with van der Waals surface area (Å²) in [7, 11) is 0. The molecule has 0 saturated carbocycles. The maximum atomic E-state index is 9.96. The summed E-state index contributed by atoms with van der Waals surface area (Å²) in [6.45, 7) is 3.83. The van der Waals surface area contributed by atoms with E-state index < -0.39 is 0 Å². The summed E-state index contributed by atoms with van der Waals surface area (Å²) in [6, 6.07) is 16.6. The number of halogens is 1. The molecule has 2 aromatic carbocycles. The summed E-state index contributed by atoms with van der Waals surface area (Å²) in [6.07, 6.45) is 1.48.